The van der Waals surface area contributed by atoms with Gasteiger partial charge in [-0.05, 0) is 19.9 Å². The number of rotatable bonds is 3. The number of para-hydroxylation sites is 1. The minimum atomic E-state index is -0.0242. The van der Waals surface area contributed by atoms with Crippen molar-refractivity contribution in [2.24, 2.45) is 0 Å². The molecule has 25 heavy (non-hydrogen) atoms. The van der Waals surface area contributed by atoms with Gasteiger partial charge in [0.25, 0.3) is 5.91 Å². The van der Waals surface area contributed by atoms with Gasteiger partial charge in [0.1, 0.15) is 5.58 Å². The second kappa shape index (κ2) is 6.37. The quantitative estimate of drug-likeness (QED) is 0.734. The van der Waals surface area contributed by atoms with Crippen molar-refractivity contribution in [2.75, 3.05) is 26.2 Å². The van der Waals surface area contributed by atoms with Crippen LogP contribution in [0.1, 0.15) is 27.6 Å². The molecule has 1 amide bonds. The Morgan fingerprint density at radius 2 is 1.92 bits per heavy atom. The highest BCUT2D eigenvalue weighted by atomic mass is 16.5. The molecule has 1 aliphatic rings. The molecule has 0 aliphatic carbocycles. The lowest BCUT2D eigenvalue weighted by Crippen LogP contribution is -2.48. The van der Waals surface area contributed by atoms with Crippen LogP contribution in [0.3, 0.4) is 0 Å². The van der Waals surface area contributed by atoms with Crippen LogP contribution < -0.4 is 0 Å². The van der Waals surface area contributed by atoms with Crippen LogP contribution in [-0.4, -0.2) is 47.0 Å². The fraction of sp³-hybridized carbons (Fsp3) is 0.368. The van der Waals surface area contributed by atoms with Crippen molar-refractivity contribution in [3.8, 4) is 0 Å². The van der Waals surface area contributed by atoms with Gasteiger partial charge in [-0.2, -0.15) is 0 Å². The van der Waals surface area contributed by atoms with E-state index in [1.165, 1.54) is 0 Å². The van der Waals surface area contributed by atoms with Gasteiger partial charge in [0, 0.05) is 43.2 Å². The Morgan fingerprint density at radius 1 is 1.16 bits per heavy atom. The molecule has 2 aromatic heterocycles. The van der Waals surface area contributed by atoms with Crippen LogP contribution >= 0.6 is 0 Å². The first-order chi connectivity index (χ1) is 12.1. The van der Waals surface area contributed by atoms with Crippen molar-refractivity contribution < 1.29 is 13.7 Å². The molecular formula is C19H21N3O3. The summed E-state index contributed by atoms with van der Waals surface area (Å²) in [5.74, 6) is 1.30. The van der Waals surface area contributed by atoms with Gasteiger partial charge in [0.2, 0.25) is 0 Å². The van der Waals surface area contributed by atoms with Crippen LogP contribution in [0.5, 0.6) is 0 Å². The lowest BCUT2D eigenvalue weighted by atomic mass is 10.1. The second-order valence-corrected chi connectivity index (χ2v) is 6.56. The Bertz CT molecular complexity index is 904. The molecule has 1 fully saturated rings. The van der Waals surface area contributed by atoms with Gasteiger partial charge in [-0.15, -0.1) is 0 Å². The number of benzene rings is 1. The Hall–Kier alpha value is -2.60. The van der Waals surface area contributed by atoms with Gasteiger partial charge in [0.05, 0.1) is 12.2 Å². The SMILES string of the molecule is Cc1cc(CN2CCN(C(=O)c3oc4ccccc4c3C)CC2)on1. The first-order valence-electron chi connectivity index (χ1n) is 8.54. The van der Waals surface area contributed by atoms with E-state index in [1.54, 1.807) is 0 Å². The molecule has 4 rings (SSSR count). The Morgan fingerprint density at radius 3 is 2.60 bits per heavy atom. The van der Waals surface area contributed by atoms with Gasteiger partial charge in [-0.25, -0.2) is 0 Å². The van der Waals surface area contributed by atoms with E-state index in [-0.39, 0.29) is 5.91 Å². The number of carbonyl (C=O) groups is 1. The fourth-order valence-electron chi connectivity index (χ4n) is 3.34. The van der Waals surface area contributed by atoms with E-state index in [4.69, 9.17) is 8.94 Å². The average molecular weight is 339 g/mol. The molecule has 6 heteroatoms. The maximum absolute atomic E-state index is 12.8. The average Bonchev–Trinajstić information content (AvgIpc) is 3.19. The van der Waals surface area contributed by atoms with Crippen LogP contribution in [0.15, 0.2) is 39.3 Å². The van der Waals surface area contributed by atoms with Crippen molar-refractivity contribution >= 4 is 16.9 Å². The Labute approximate surface area is 146 Å². The number of nitrogens with zero attached hydrogens (tertiary/aromatic N) is 3. The number of piperazine rings is 1. The highest BCUT2D eigenvalue weighted by Gasteiger charge is 2.27. The topological polar surface area (TPSA) is 62.7 Å². The normalized spacial score (nSPS) is 15.8. The van der Waals surface area contributed by atoms with Crippen LogP contribution in [0.2, 0.25) is 0 Å². The molecule has 0 N–H and O–H groups in total. The molecule has 0 radical (unpaired) electrons. The highest BCUT2D eigenvalue weighted by molar-refractivity contribution is 5.98. The van der Waals surface area contributed by atoms with Crippen LogP contribution in [-0.2, 0) is 6.54 Å². The molecule has 0 unspecified atom stereocenters. The summed E-state index contributed by atoms with van der Waals surface area (Å²) in [5.41, 5.74) is 2.58. The molecule has 0 atom stereocenters. The highest BCUT2D eigenvalue weighted by Crippen LogP contribution is 2.26. The standard InChI is InChI=1S/C19H21N3O3/c1-13-11-15(25-20-13)12-21-7-9-22(10-8-21)19(23)18-14(2)16-5-3-4-6-17(16)24-18/h3-6,11H,7-10,12H2,1-2H3. The van der Waals surface area contributed by atoms with Crippen molar-refractivity contribution in [2.45, 2.75) is 20.4 Å². The number of aryl methyl sites for hydroxylation is 2. The molecule has 3 aromatic rings. The predicted molar refractivity (Wildman–Crippen MR) is 93.4 cm³/mol. The summed E-state index contributed by atoms with van der Waals surface area (Å²) in [7, 11) is 0. The fourth-order valence-corrected chi connectivity index (χ4v) is 3.34. The van der Waals surface area contributed by atoms with Crippen molar-refractivity contribution in [3.05, 3.63) is 53.1 Å². The first-order valence-corrected chi connectivity index (χ1v) is 8.54. The third kappa shape index (κ3) is 3.05. The number of carbonyl (C=O) groups excluding carboxylic acids is 1. The zero-order valence-electron chi connectivity index (χ0n) is 14.5. The summed E-state index contributed by atoms with van der Waals surface area (Å²) in [6.07, 6.45) is 0. The maximum atomic E-state index is 12.8. The van der Waals surface area contributed by atoms with Gasteiger partial charge in [-0.3, -0.25) is 9.69 Å². The van der Waals surface area contributed by atoms with Crippen molar-refractivity contribution in [1.82, 2.24) is 15.0 Å². The number of amides is 1. The zero-order valence-corrected chi connectivity index (χ0v) is 14.5. The van der Waals surface area contributed by atoms with E-state index < -0.39 is 0 Å². The predicted octanol–water partition coefficient (Wildman–Crippen LogP) is 3.00. The molecule has 1 saturated heterocycles. The number of hydrogen-bond acceptors (Lipinski definition) is 5. The summed E-state index contributed by atoms with van der Waals surface area (Å²) in [6, 6.07) is 9.72. The summed E-state index contributed by atoms with van der Waals surface area (Å²) < 4.78 is 11.1. The number of hydrogen-bond donors (Lipinski definition) is 0. The van der Waals surface area contributed by atoms with Crippen LogP contribution in [0, 0.1) is 13.8 Å². The van der Waals surface area contributed by atoms with Gasteiger partial charge in [0.15, 0.2) is 11.5 Å². The van der Waals surface area contributed by atoms with E-state index in [0.717, 1.165) is 47.6 Å². The van der Waals surface area contributed by atoms with Crippen molar-refractivity contribution in [1.29, 1.82) is 0 Å². The van der Waals surface area contributed by atoms with E-state index in [1.807, 2.05) is 49.1 Å². The number of aromatic nitrogens is 1. The summed E-state index contributed by atoms with van der Waals surface area (Å²) in [4.78, 5) is 17.0. The Balaban J connectivity index is 1.43. The molecule has 0 saturated carbocycles. The Kier molecular flexibility index (Phi) is 4.05. The molecule has 0 spiro atoms. The van der Waals surface area contributed by atoms with Gasteiger partial charge < -0.3 is 13.8 Å². The lowest BCUT2D eigenvalue weighted by molar-refractivity contribution is 0.0588. The van der Waals surface area contributed by atoms with Crippen LogP contribution in [0.25, 0.3) is 11.0 Å². The molecule has 3 heterocycles. The largest absolute Gasteiger partial charge is 0.451 e. The zero-order chi connectivity index (χ0) is 17.4. The minimum absolute atomic E-state index is 0.0242. The number of fused-ring (bicyclic) bond motifs is 1. The third-order valence-electron chi connectivity index (χ3n) is 4.75. The third-order valence-corrected chi connectivity index (χ3v) is 4.75. The molecule has 1 aromatic carbocycles. The molecule has 6 nitrogen and oxygen atoms in total. The summed E-state index contributed by atoms with van der Waals surface area (Å²) in [5, 5.41) is 4.92. The molecular weight excluding hydrogens is 318 g/mol. The van der Waals surface area contributed by atoms with Gasteiger partial charge in [-0.1, -0.05) is 23.4 Å². The second-order valence-electron chi connectivity index (χ2n) is 6.56. The molecule has 130 valence electrons. The van der Waals surface area contributed by atoms with E-state index in [2.05, 4.69) is 10.1 Å². The smallest absolute Gasteiger partial charge is 0.289 e. The van der Waals surface area contributed by atoms with Crippen LogP contribution in [0.4, 0.5) is 0 Å². The monoisotopic (exact) mass is 339 g/mol. The first kappa shape index (κ1) is 15.9. The number of furan rings is 1. The summed E-state index contributed by atoms with van der Waals surface area (Å²) in [6.45, 7) is 7.58. The summed E-state index contributed by atoms with van der Waals surface area (Å²) >= 11 is 0. The van der Waals surface area contributed by atoms with Crippen molar-refractivity contribution in [3.63, 3.8) is 0 Å². The van der Waals surface area contributed by atoms with Gasteiger partial charge >= 0.3 is 0 Å². The van der Waals surface area contributed by atoms with E-state index in [0.29, 0.717) is 18.8 Å². The maximum Gasteiger partial charge on any atom is 0.289 e. The lowest BCUT2D eigenvalue weighted by Gasteiger charge is -2.33. The molecule has 0 bridgehead atoms. The molecule has 1 aliphatic heterocycles. The van der Waals surface area contributed by atoms with E-state index in [9.17, 15) is 4.79 Å². The van der Waals surface area contributed by atoms with E-state index >= 15 is 0 Å². The minimum Gasteiger partial charge on any atom is -0.451 e.